The number of aryl methyl sites for hydroxylation is 1. The number of thiophene rings is 1. The first-order valence-electron chi connectivity index (χ1n) is 9.27. The van der Waals surface area contributed by atoms with Crippen molar-refractivity contribution in [2.24, 2.45) is 0 Å². The lowest BCUT2D eigenvalue weighted by Crippen LogP contribution is -2.13. The average molecular weight is 399 g/mol. The average Bonchev–Trinajstić information content (AvgIpc) is 2.95. The Kier molecular flexibility index (Phi) is 6.98. The number of ether oxygens (including phenoxy) is 1. The molecule has 0 saturated carbocycles. The van der Waals surface area contributed by atoms with Crippen LogP contribution in [-0.2, 0) is 21.4 Å². The Labute approximate surface area is 170 Å². The number of hydrogen-bond donors (Lipinski definition) is 1. The number of hydrogen-bond acceptors (Lipinski definition) is 5. The molecule has 0 aliphatic rings. The van der Waals surface area contributed by atoms with Gasteiger partial charge in [0, 0.05) is 6.42 Å². The molecule has 1 aromatic carbocycles. The third-order valence-electron chi connectivity index (χ3n) is 4.43. The van der Waals surface area contributed by atoms with Gasteiger partial charge in [0.1, 0.15) is 15.9 Å². The molecule has 2 rings (SSSR count). The Morgan fingerprint density at radius 1 is 1.21 bits per heavy atom. The summed E-state index contributed by atoms with van der Waals surface area (Å²) < 4.78 is 5.01. The Morgan fingerprint density at radius 3 is 2.39 bits per heavy atom. The number of rotatable bonds is 6. The molecule has 6 heteroatoms. The Morgan fingerprint density at radius 2 is 1.86 bits per heavy atom. The molecule has 0 bridgehead atoms. The van der Waals surface area contributed by atoms with Crippen LogP contribution >= 0.6 is 11.3 Å². The SMILES string of the molecule is CCOC(=O)c1sc(NC(=O)CCc2ccc(C(C)(C)C)cc2)c(C#N)c1C. The zero-order chi connectivity index (χ0) is 20.9. The number of benzene rings is 1. The number of nitrogens with zero attached hydrogens (tertiary/aromatic N) is 1. The Balaban J connectivity index is 2.04. The lowest BCUT2D eigenvalue weighted by atomic mass is 9.86. The van der Waals surface area contributed by atoms with Gasteiger partial charge in [-0.25, -0.2) is 4.79 Å². The van der Waals surface area contributed by atoms with Gasteiger partial charge in [-0.2, -0.15) is 5.26 Å². The van der Waals surface area contributed by atoms with E-state index >= 15 is 0 Å². The summed E-state index contributed by atoms with van der Waals surface area (Å²) in [6.07, 6.45) is 0.901. The maximum atomic E-state index is 12.4. The minimum Gasteiger partial charge on any atom is -0.462 e. The van der Waals surface area contributed by atoms with Crippen LogP contribution in [-0.4, -0.2) is 18.5 Å². The summed E-state index contributed by atoms with van der Waals surface area (Å²) in [6, 6.07) is 10.3. The standard InChI is InChI=1S/C22H26N2O3S/c1-6-27-21(26)19-14(2)17(13-23)20(28-19)24-18(25)12-9-15-7-10-16(11-8-15)22(3,4)5/h7-8,10-11H,6,9,12H2,1-5H3,(H,24,25). The number of amides is 1. The predicted octanol–water partition coefficient (Wildman–Crippen LogP) is 4.97. The number of carbonyl (C=O) groups excluding carboxylic acids is 2. The second kappa shape index (κ2) is 9.03. The molecule has 148 valence electrons. The number of nitriles is 1. The zero-order valence-electron chi connectivity index (χ0n) is 17.0. The van der Waals surface area contributed by atoms with Gasteiger partial charge >= 0.3 is 5.97 Å². The van der Waals surface area contributed by atoms with E-state index in [1.54, 1.807) is 13.8 Å². The van der Waals surface area contributed by atoms with Crippen LogP contribution < -0.4 is 5.32 Å². The smallest absolute Gasteiger partial charge is 0.348 e. The van der Waals surface area contributed by atoms with Crippen molar-refractivity contribution in [3.8, 4) is 6.07 Å². The zero-order valence-corrected chi connectivity index (χ0v) is 17.8. The summed E-state index contributed by atoms with van der Waals surface area (Å²) in [5.41, 5.74) is 3.28. The molecule has 0 fully saturated rings. The van der Waals surface area contributed by atoms with Crippen LogP contribution in [0.25, 0.3) is 0 Å². The quantitative estimate of drug-likeness (QED) is 0.697. The molecule has 0 atom stereocenters. The highest BCUT2D eigenvalue weighted by atomic mass is 32.1. The maximum Gasteiger partial charge on any atom is 0.348 e. The summed E-state index contributed by atoms with van der Waals surface area (Å²) in [6.45, 7) is 10.2. The van der Waals surface area contributed by atoms with Gasteiger partial charge < -0.3 is 10.1 Å². The van der Waals surface area contributed by atoms with E-state index in [4.69, 9.17) is 4.74 Å². The topological polar surface area (TPSA) is 79.2 Å². The molecule has 0 aliphatic heterocycles. The van der Waals surface area contributed by atoms with Crippen molar-refractivity contribution < 1.29 is 14.3 Å². The molecule has 1 heterocycles. The van der Waals surface area contributed by atoms with E-state index in [-0.39, 0.29) is 17.9 Å². The lowest BCUT2D eigenvalue weighted by molar-refractivity contribution is -0.116. The van der Waals surface area contributed by atoms with Crippen LogP contribution in [0.4, 0.5) is 5.00 Å². The van der Waals surface area contributed by atoms with Crippen molar-refractivity contribution in [1.29, 1.82) is 5.26 Å². The van der Waals surface area contributed by atoms with Gasteiger partial charge in [0.25, 0.3) is 0 Å². The molecule has 1 N–H and O–H groups in total. The molecule has 2 aromatic rings. The van der Waals surface area contributed by atoms with Crippen LogP contribution in [0.2, 0.25) is 0 Å². The summed E-state index contributed by atoms with van der Waals surface area (Å²) in [4.78, 5) is 24.7. The predicted molar refractivity (Wildman–Crippen MR) is 112 cm³/mol. The highest BCUT2D eigenvalue weighted by Gasteiger charge is 2.22. The molecule has 0 radical (unpaired) electrons. The van der Waals surface area contributed by atoms with Gasteiger partial charge in [0.2, 0.25) is 5.91 Å². The summed E-state index contributed by atoms with van der Waals surface area (Å²) >= 11 is 1.08. The molecule has 1 aromatic heterocycles. The van der Waals surface area contributed by atoms with Gasteiger partial charge in [-0.3, -0.25) is 4.79 Å². The van der Waals surface area contributed by atoms with Crippen molar-refractivity contribution in [2.45, 2.75) is 52.9 Å². The van der Waals surface area contributed by atoms with Gasteiger partial charge in [-0.1, -0.05) is 45.0 Å². The second-order valence-electron chi connectivity index (χ2n) is 7.59. The van der Waals surface area contributed by atoms with E-state index in [1.807, 2.05) is 12.1 Å². The number of carbonyl (C=O) groups is 2. The van der Waals surface area contributed by atoms with Crippen molar-refractivity contribution in [1.82, 2.24) is 0 Å². The molecular weight excluding hydrogens is 372 g/mol. The summed E-state index contributed by atoms with van der Waals surface area (Å²) in [5, 5.41) is 12.6. The fraction of sp³-hybridized carbons (Fsp3) is 0.409. The molecule has 1 amide bonds. The minimum atomic E-state index is -0.471. The van der Waals surface area contributed by atoms with Crippen LogP contribution in [0.5, 0.6) is 0 Å². The third-order valence-corrected chi connectivity index (χ3v) is 5.62. The molecule has 0 spiro atoms. The van der Waals surface area contributed by atoms with Gasteiger partial charge in [0.15, 0.2) is 0 Å². The van der Waals surface area contributed by atoms with E-state index in [2.05, 4.69) is 44.3 Å². The first-order chi connectivity index (χ1) is 13.2. The minimum absolute atomic E-state index is 0.0945. The van der Waals surface area contributed by atoms with E-state index in [1.165, 1.54) is 5.56 Å². The highest BCUT2D eigenvalue weighted by molar-refractivity contribution is 7.18. The van der Waals surface area contributed by atoms with Crippen molar-refractivity contribution in [3.63, 3.8) is 0 Å². The van der Waals surface area contributed by atoms with Gasteiger partial charge in [0.05, 0.1) is 12.2 Å². The highest BCUT2D eigenvalue weighted by Crippen LogP contribution is 2.33. The first kappa shape index (κ1) is 21.6. The normalized spacial score (nSPS) is 11.0. The molecule has 0 unspecified atom stereocenters. The fourth-order valence-electron chi connectivity index (χ4n) is 2.75. The third kappa shape index (κ3) is 5.20. The number of nitrogens with one attached hydrogen (secondary N) is 1. The van der Waals surface area contributed by atoms with Crippen molar-refractivity contribution in [3.05, 3.63) is 51.4 Å². The summed E-state index contributed by atoms with van der Waals surface area (Å²) in [5.74, 6) is -0.658. The lowest BCUT2D eigenvalue weighted by Gasteiger charge is -2.19. The largest absolute Gasteiger partial charge is 0.462 e. The molecule has 5 nitrogen and oxygen atoms in total. The van der Waals surface area contributed by atoms with Crippen LogP contribution in [0, 0.1) is 18.3 Å². The Hall–Kier alpha value is -2.65. The first-order valence-corrected chi connectivity index (χ1v) is 10.1. The van der Waals surface area contributed by atoms with E-state index in [0.717, 1.165) is 16.9 Å². The van der Waals surface area contributed by atoms with E-state index < -0.39 is 5.97 Å². The monoisotopic (exact) mass is 398 g/mol. The number of anilines is 1. The second-order valence-corrected chi connectivity index (χ2v) is 8.61. The van der Waals surface area contributed by atoms with Crippen LogP contribution in [0.3, 0.4) is 0 Å². The van der Waals surface area contributed by atoms with Gasteiger partial charge in [-0.15, -0.1) is 11.3 Å². The molecule has 28 heavy (non-hydrogen) atoms. The van der Waals surface area contributed by atoms with Crippen molar-refractivity contribution >= 4 is 28.2 Å². The summed E-state index contributed by atoms with van der Waals surface area (Å²) in [7, 11) is 0. The fourth-order valence-corrected chi connectivity index (χ4v) is 3.81. The van der Waals surface area contributed by atoms with Crippen LogP contribution in [0.1, 0.15) is 66.0 Å². The Bertz CT molecular complexity index is 900. The van der Waals surface area contributed by atoms with E-state index in [0.29, 0.717) is 33.8 Å². The molecule has 0 saturated heterocycles. The van der Waals surface area contributed by atoms with Crippen molar-refractivity contribution in [2.75, 3.05) is 11.9 Å². The number of esters is 1. The molecular formula is C22H26N2O3S. The molecule has 0 aliphatic carbocycles. The van der Waals surface area contributed by atoms with Crippen LogP contribution in [0.15, 0.2) is 24.3 Å². The van der Waals surface area contributed by atoms with Gasteiger partial charge in [-0.05, 0) is 42.4 Å². The maximum absolute atomic E-state index is 12.4. The van der Waals surface area contributed by atoms with E-state index in [9.17, 15) is 14.9 Å².